The Balaban J connectivity index is 2.98. The molecule has 2 N–H and O–H groups in total. The summed E-state index contributed by atoms with van der Waals surface area (Å²) < 4.78 is 35.8. The summed E-state index contributed by atoms with van der Waals surface area (Å²) in [6, 6.07) is 2.34. The van der Waals surface area contributed by atoms with Gasteiger partial charge < -0.3 is 10.4 Å². The summed E-state index contributed by atoms with van der Waals surface area (Å²) in [4.78, 5) is 24.6. The molecule has 0 atom stereocenters. The lowest BCUT2D eigenvalue weighted by molar-refractivity contribution is -0.167. The standard InChI is InChI=1S/C9H7F3N2O3/c1-4-2-3-5(13-6(4)7(15)16)14-8(17)9(10,11)12/h2-3H,1H3,(H,15,16)(H,13,14,17). The van der Waals surface area contributed by atoms with E-state index in [2.05, 4.69) is 4.98 Å². The first-order chi connectivity index (χ1) is 7.71. The van der Waals surface area contributed by atoms with Crippen molar-refractivity contribution in [3.63, 3.8) is 0 Å². The van der Waals surface area contributed by atoms with E-state index in [0.29, 0.717) is 0 Å². The van der Waals surface area contributed by atoms with Gasteiger partial charge in [0.15, 0.2) is 5.69 Å². The fourth-order valence-corrected chi connectivity index (χ4v) is 1.00. The lowest BCUT2D eigenvalue weighted by Crippen LogP contribution is -2.30. The van der Waals surface area contributed by atoms with Gasteiger partial charge in [0, 0.05) is 0 Å². The summed E-state index contributed by atoms with van der Waals surface area (Å²) in [5.74, 6) is -4.05. The molecule has 17 heavy (non-hydrogen) atoms. The molecule has 8 heteroatoms. The molecule has 0 spiro atoms. The van der Waals surface area contributed by atoms with Crippen LogP contribution in [0.15, 0.2) is 12.1 Å². The predicted molar refractivity (Wildman–Crippen MR) is 50.6 cm³/mol. The Morgan fingerprint density at radius 3 is 2.41 bits per heavy atom. The number of aromatic carboxylic acids is 1. The number of pyridine rings is 1. The Bertz CT molecular complexity index is 471. The first-order valence-corrected chi connectivity index (χ1v) is 4.31. The zero-order chi connectivity index (χ0) is 13.2. The van der Waals surface area contributed by atoms with Gasteiger partial charge in [0.2, 0.25) is 0 Å². The summed E-state index contributed by atoms with van der Waals surface area (Å²) in [5.41, 5.74) is -0.132. The molecule has 0 saturated heterocycles. The van der Waals surface area contributed by atoms with Crippen molar-refractivity contribution in [2.45, 2.75) is 13.1 Å². The summed E-state index contributed by atoms with van der Waals surface area (Å²) in [6.07, 6.45) is -5.05. The third-order valence-corrected chi connectivity index (χ3v) is 1.80. The molecule has 1 heterocycles. The zero-order valence-corrected chi connectivity index (χ0v) is 8.50. The van der Waals surface area contributed by atoms with Gasteiger partial charge in [-0.15, -0.1) is 0 Å². The monoisotopic (exact) mass is 248 g/mol. The molecule has 1 aromatic heterocycles. The number of aryl methyl sites for hydroxylation is 1. The normalized spacial score (nSPS) is 11.1. The number of carboxylic acids is 1. The lowest BCUT2D eigenvalue weighted by Gasteiger charge is -2.08. The quantitative estimate of drug-likeness (QED) is 0.832. The van der Waals surface area contributed by atoms with Crippen LogP contribution in [0.2, 0.25) is 0 Å². The van der Waals surface area contributed by atoms with Gasteiger partial charge in [-0.2, -0.15) is 13.2 Å². The second-order valence-electron chi connectivity index (χ2n) is 3.12. The number of amides is 1. The lowest BCUT2D eigenvalue weighted by atomic mass is 10.2. The van der Waals surface area contributed by atoms with Crippen LogP contribution < -0.4 is 5.32 Å². The number of carbonyl (C=O) groups is 2. The van der Waals surface area contributed by atoms with Gasteiger partial charge in [0.25, 0.3) is 0 Å². The van der Waals surface area contributed by atoms with E-state index in [1.165, 1.54) is 18.3 Å². The van der Waals surface area contributed by atoms with Crippen LogP contribution in [0.5, 0.6) is 0 Å². The van der Waals surface area contributed by atoms with E-state index >= 15 is 0 Å². The van der Waals surface area contributed by atoms with Crippen LogP contribution in [0.25, 0.3) is 0 Å². The number of nitrogens with zero attached hydrogens (tertiary/aromatic N) is 1. The number of carboxylic acid groups (broad SMARTS) is 1. The molecule has 5 nitrogen and oxygen atoms in total. The number of aromatic nitrogens is 1. The number of alkyl halides is 3. The largest absolute Gasteiger partial charge is 0.477 e. The highest BCUT2D eigenvalue weighted by Crippen LogP contribution is 2.18. The Kier molecular flexibility index (Phi) is 3.35. The molecule has 1 aromatic rings. The summed E-state index contributed by atoms with van der Waals surface area (Å²) in [7, 11) is 0. The van der Waals surface area contributed by atoms with Gasteiger partial charge in [-0.05, 0) is 18.6 Å². The molecule has 0 radical (unpaired) electrons. The number of carbonyl (C=O) groups excluding carboxylic acids is 1. The van der Waals surface area contributed by atoms with E-state index in [9.17, 15) is 22.8 Å². The highest BCUT2D eigenvalue weighted by molar-refractivity contribution is 5.95. The molecule has 1 rings (SSSR count). The van der Waals surface area contributed by atoms with E-state index in [1.54, 1.807) is 0 Å². The van der Waals surface area contributed by atoms with Crippen molar-refractivity contribution in [3.8, 4) is 0 Å². The van der Waals surface area contributed by atoms with Crippen molar-refractivity contribution < 1.29 is 27.9 Å². The number of hydrogen-bond acceptors (Lipinski definition) is 3. The van der Waals surface area contributed by atoms with Gasteiger partial charge in [-0.25, -0.2) is 9.78 Å². The number of halogens is 3. The minimum Gasteiger partial charge on any atom is -0.477 e. The van der Waals surface area contributed by atoms with Crippen LogP contribution in [-0.2, 0) is 4.79 Å². The third kappa shape index (κ3) is 3.16. The summed E-state index contributed by atoms with van der Waals surface area (Å²) in [6.45, 7) is 1.44. The second-order valence-corrected chi connectivity index (χ2v) is 3.12. The van der Waals surface area contributed by atoms with Crippen molar-refractivity contribution >= 4 is 17.7 Å². The van der Waals surface area contributed by atoms with Crippen LogP contribution in [0.4, 0.5) is 19.0 Å². The van der Waals surface area contributed by atoms with Crippen molar-refractivity contribution in [2.24, 2.45) is 0 Å². The Labute approximate surface area is 93.3 Å². The number of rotatable bonds is 2. The molecule has 0 aromatic carbocycles. The molecule has 0 saturated carbocycles. The topological polar surface area (TPSA) is 79.3 Å². The number of anilines is 1. The van der Waals surface area contributed by atoms with Gasteiger partial charge in [-0.3, -0.25) is 4.79 Å². The van der Waals surface area contributed by atoms with Gasteiger partial charge >= 0.3 is 18.1 Å². The Hall–Kier alpha value is -2.12. The number of nitrogens with one attached hydrogen (secondary N) is 1. The fraction of sp³-hybridized carbons (Fsp3) is 0.222. The highest BCUT2D eigenvalue weighted by atomic mass is 19.4. The maximum atomic E-state index is 11.9. The highest BCUT2D eigenvalue weighted by Gasteiger charge is 2.39. The van der Waals surface area contributed by atoms with Crippen molar-refractivity contribution in [1.82, 2.24) is 4.98 Å². The first kappa shape index (κ1) is 12.9. The minimum absolute atomic E-state index is 0.280. The summed E-state index contributed by atoms with van der Waals surface area (Å²) >= 11 is 0. The SMILES string of the molecule is Cc1ccc(NC(=O)C(F)(F)F)nc1C(=O)O. The van der Waals surface area contributed by atoms with Crippen LogP contribution in [0, 0.1) is 6.92 Å². The number of hydrogen-bond donors (Lipinski definition) is 2. The maximum absolute atomic E-state index is 11.9. The molecule has 0 fully saturated rings. The second kappa shape index (κ2) is 4.40. The molecule has 0 bridgehead atoms. The van der Waals surface area contributed by atoms with E-state index < -0.39 is 29.6 Å². The van der Waals surface area contributed by atoms with Gasteiger partial charge in [-0.1, -0.05) is 6.07 Å². The average molecular weight is 248 g/mol. The molecule has 0 aliphatic rings. The zero-order valence-electron chi connectivity index (χ0n) is 8.50. The average Bonchev–Trinajstić information content (AvgIpc) is 2.19. The third-order valence-electron chi connectivity index (χ3n) is 1.80. The molecule has 1 amide bonds. The Morgan fingerprint density at radius 2 is 1.94 bits per heavy atom. The van der Waals surface area contributed by atoms with E-state index in [-0.39, 0.29) is 5.56 Å². The van der Waals surface area contributed by atoms with Crippen molar-refractivity contribution in [1.29, 1.82) is 0 Å². The van der Waals surface area contributed by atoms with Gasteiger partial charge in [0.1, 0.15) is 5.82 Å². The molecular formula is C9H7F3N2O3. The smallest absolute Gasteiger partial charge is 0.471 e. The van der Waals surface area contributed by atoms with Crippen LogP contribution >= 0.6 is 0 Å². The fourth-order valence-electron chi connectivity index (χ4n) is 1.00. The van der Waals surface area contributed by atoms with Crippen molar-refractivity contribution in [2.75, 3.05) is 5.32 Å². The van der Waals surface area contributed by atoms with E-state index in [0.717, 1.165) is 6.07 Å². The summed E-state index contributed by atoms with van der Waals surface area (Å²) in [5, 5.41) is 10.2. The predicted octanol–water partition coefficient (Wildman–Crippen LogP) is 1.59. The minimum atomic E-state index is -5.05. The van der Waals surface area contributed by atoms with Crippen LogP contribution in [-0.4, -0.2) is 28.1 Å². The van der Waals surface area contributed by atoms with Crippen molar-refractivity contribution in [3.05, 3.63) is 23.4 Å². The molecule has 0 aliphatic heterocycles. The molecule has 0 unspecified atom stereocenters. The molecule has 92 valence electrons. The van der Waals surface area contributed by atoms with E-state index in [4.69, 9.17) is 5.11 Å². The first-order valence-electron chi connectivity index (χ1n) is 4.31. The molecule has 0 aliphatic carbocycles. The molecular weight excluding hydrogens is 241 g/mol. The van der Waals surface area contributed by atoms with E-state index in [1.807, 2.05) is 0 Å². The van der Waals surface area contributed by atoms with Gasteiger partial charge in [0.05, 0.1) is 0 Å². The van der Waals surface area contributed by atoms with Crippen LogP contribution in [0.1, 0.15) is 16.1 Å². The van der Waals surface area contributed by atoms with Crippen LogP contribution in [0.3, 0.4) is 0 Å². The Morgan fingerprint density at radius 1 is 1.35 bits per heavy atom. The maximum Gasteiger partial charge on any atom is 0.471 e.